The number of anilines is 1. The van der Waals surface area contributed by atoms with Crippen molar-refractivity contribution in [2.45, 2.75) is 0 Å². The number of carbonyl (C=O) groups is 2. The van der Waals surface area contributed by atoms with Crippen molar-refractivity contribution in [3.05, 3.63) is 90.0 Å². The van der Waals surface area contributed by atoms with Crippen LogP contribution in [0.5, 0.6) is 11.5 Å². The Morgan fingerprint density at radius 1 is 0.893 bits per heavy atom. The Balaban J connectivity index is 1.64. The highest BCUT2D eigenvalue weighted by molar-refractivity contribution is 5.97. The molecule has 0 saturated carbocycles. The molecule has 0 aliphatic heterocycles. The number of esters is 1. The van der Waals surface area contributed by atoms with Crippen LogP contribution in [0.15, 0.2) is 78.9 Å². The molecule has 0 aliphatic rings. The lowest BCUT2D eigenvalue weighted by molar-refractivity contribution is -0.119. The third-order valence-corrected chi connectivity index (χ3v) is 3.73. The molecule has 0 bridgehead atoms. The molecule has 1 N–H and O–H groups in total. The van der Waals surface area contributed by atoms with Crippen molar-refractivity contribution in [1.82, 2.24) is 0 Å². The van der Waals surface area contributed by atoms with Gasteiger partial charge in [0.05, 0.1) is 11.3 Å². The number of hydrogen-bond acceptors (Lipinski definition) is 5. The van der Waals surface area contributed by atoms with E-state index in [-0.39, 0.29) is 5.56 Å². The summed E-state index contributed by atoms with van der Waals surface area (Å²) < 4.78 is 10.8. The first-order valence-electron chi connectivity index (χ1n) is 8.45. The van der Waals surface area contributed by atoms with Gasteiger partial charge in [-0.05, 0) is 36.4 Å². The summed E-state index contributed by atoms with van der Waals surface area (Å²) in [6.45, 7) is -0.488. The number of benzene rings is 3. The van der Waals surface area contributed by atoms with E-state index in [0.717, 1.165) is 0 Å². The molecule has 28 heavy (non-hydrogen) atoms. The lowest BCUT2D eigenvalue weighted by Gasteiger charge is -2.11. The zero-order valence-corrected chi connectivity index (χ0v) is 14.8. The van der Waals surface area contributed by atoms with Crippen LogP contribution in [0.3, 0.4) is 0 Å². The maximum absolute atomic E-state index is 12.4. The van der Waals surface area contributed by atoms with E-state index in [1.165, 1.54) is 0 Å². The van der Waals surface area contributed by atoms with E-state index < -0.39 is 18.5 Å². The zero-order chi connectivity index (χ0) is 19.8. The SMILES string of the molecule is N#Cc1ccccc1NC(=O)COC(=O)c1ccccc1Oc1ccccc1. The third-order valence-electron chi connectivity index (χ3n) is 3.73. The molecule has 0 heterocycles. The number of amides is 1. The molecule has 0 radical (unpaired) electrons. The molecule has 3 aromatic rings. The second-order valence-electron chi connectivity index (χ2n) is 5.69. The number of nitrogens with one attached hydrogen (secondary N) is 1. The Morgan fingerprint density at radius 3 is 2.36 bits per heavy atom. The van der Waals surface area contributed by atoms with Crippen LogP contribution in [0, 0.1) is 11.3 Å². The molecule has 6 heteroatoms. The van der Waals surface area contributed by atoms with Crippen molar-refractivity contribution in [2.24, 2.45) is 0 Å². The van der Waals surface area contributed by atoms with Crippen molar-refractivity contribution < 1.29 is 19.1 Å². The summed E-state index contributed by atoms with van der Waals surface area (Å²) in [5.74, 6) is -0.324. The van der Waals surface area contributed by atoms with Gasteiger partial charge in [0, 0.05) is 0 Å². The third kappa shape index (κ3) is 4.74. The number of para-hydroxylation sites is 3. The molecular weight excluding hydrogens is 356 g/mol. The van der Waals surface area contributed by atoms with Gasteiger partial charge >= 0.3 is 5.97 Å². The minimum absolute atomic E-state index is 0.205. The highest BCUT2D eigenvalue weighted by atomic mass is 16.5. The van der Waals surface area contributed by atoms with Gasteiger partial charge in [-0.2, -0.15) is 5.26 Å². The summed E-state index contributed by atoms with van der Waals surface area (Å²) in [6, 6.07) is 24.2. The van der Waals surface area contributed by atoms with Crippen molar-refractivity contribution in [3.63, 3.8) is 0 Å². The van der Waals surface area contributed by atoms with E-state index in [0.29, 0.717) is 22.7 Å². The van der Waals surface area contributed by atoms with Crippen LogP contribution in [0.25, 0.3) is 0 Å². The molecule has 1 amide bonds. The van der Waals surface area contributed by atoms with Gasteiger partial charge in [0.25, 0.3) is 5.91 Å². The van der Waals surface area contributed by atoms with Crippen LogP contribution in [0.1, 0.15) is 15.9 Å². The minimum Gasteiger partial charge on any atom is -0.456 e. The molecule has 138 valence electrons. The highest BCUT2D eigenvalue weighted by Gasteiger charge is 2.16. The van der Waals surface area contributed by atoms with E-state index in [9.17, 15) is 9.59 Å². The van der Waals surface area contributed by atoms with E-state index >= 15 is 0 Å². The second kappa shape index (κ2) is 9.01. The average molecular weight is 372 g/mol. The van der Waals surface area contributed by atoms with Gasteiger partial charge in [-0.15, -0.1) is 0 Å². The van der Waals surface area contributed by atoms with Gasteiger partial charge in [-0.25, -0.2) is 4.79 Å². The number of hydrogen-bond donors (Lipinski definition) is 1. The quantitative estimate of drug-likeness (QED) is 0.657. The normalized spacial score (nSPS) is 9.82. The Hall–Kier alpha value is -4.11. The van der Waals surface area contributed by atoms with Gasteiger partial charge < -0.3 is 14.8 Å². The summed E-state index contributed by atoms with van der Waals surface area (Å²) in [4.78, 5) is 24.5. The molecule has 0 spiro atoms. The van der Waals surface area contributed by atoms with Gasteiger partial charge in [0.1, 0.15) is 23.1 Å². The van der Waals surface area contributed by atoms with E-state index in [1.54, 1.807) is 60.7 Å². The maximum Gasteiger partial charge on any atom is 0.342 e. The first-order chi connectivity index (χ1) is 13.7. The molecule has 0 aromatic heterocycles. The smallest absolute Gasteiger partial charge is 0.342 e. The fourth-order valence-electron chi connectivity index (χ4n) is 2.42. The first-order valence-corrected chi connectivity index (χ1v) is 8.45. The van der Waals surface area contributed by atoms with Crippen molar-refractivity contribution in [1.29, 1.82) is 5.26 Å². The minimum atomic E-state index is -0.685. The van der Waals surface area contributed by atoms with Crippen LogP contribution in [0.2, 0.25) is 0 Å². The Bertz CT molecular complexity index is 1030. The molecule has 0 saturated heterocycles. The predicted octanol–water partition coefficient (Wildman–Crippen LogP) is 4.15. The summed E-state index contributed by atoms with van der Waals surface area (Å²) in [5, 5.41) is 11.6. The number of carbonyl (C=O) groups excluding carboxylic acids is 2. The van der Waals surface area contributed by atoms with Crippen molar-refractivity contribution in [2.75, 3.05) is 11.9 Å². The average Bonchev–Trinajstić information content (AvgIpc) is 2.73. The first kappa shape index (κ1) is 18.7. The Kier molecular flexibility index (Phi) is 6.01. The van der Waals surface area contributed by atoms with Crippen LogP contribution >= 0.6 is 0 Å². The van der Waals surface area contributed by atoms with Gasteiger partial charge in [-0.3, -0.25) is 4.79 Å². The highest BCUT2D eigenvalue weighted by Crippen LogP contribution is 2.25. The molecule has 0 unspecified atom stereocenters. The molecule has 0 aliphatic carbocycles. The predicted molar refractivity (Wildman–Crippen MR) is 103 cm³/mol. The van der Waals surface area contributed by atoms with E-state index in [4.69, 9.17) is 14.7 Å². The van der Waals surface area contributed by atoms with E-state index in [2.05, 4.69) is 5.32 Å². The van der Waals surface area contributed by atoms with Crippen LogP contribution in [0.4, 0.5) is 5.69 Å². The van der Waals surface area contributed by atoms with Crippen LogP contribution in [-0.4, -0.2) is 18.5 Å². The standard InChI is InChI=1S/C22H16N2O4/c23-14-16-8-4-6-12-19(16)24-21(25)15-27-22(26)18-11-5-7-13-20(18)28-17-9-2-1-3-10-17/h1-13H,15H2,(H,24,25). The van der Waals surface area contributed by atoms with Crippen molar-refractivity contribution >= 4 is 17.6 Å². The summed E-state index contributed by atoms with van der Waals surface area (Å²) >= 11 is 0. The van der Waals surface area contributed by atoms with Gasteiger partial charge in [0.2, 0.25) is 0 Å². The van der Waals surface area contributed by atoms with Gasteiger partial charge in [-0.1, -0.05) is 42.5 Å². The van der Waals surface area contributed by atoms with Crippen molar-refractivity contribution in [3.8, 4) is 17.6 Å². The van der Waals surface area contributed by atoms with Gasteiger partial charge in [0.15, 0.2) is 6.61 Å². The zero-order valence-electron chi connectivity index (χ0n) is 14.8. The number of rotatable bonds is 6. The maximum atomic E-state index is 12.4. The summed E-state index contributed by atoms with van der Waals surface area (Å²) in [6.07, 6.45) is 0. The van der Waals surface area contributed by atoms with E-state index in [1.807, 2.05) is 24.3 Å². The van der Waals surface area contributed by atoms with Crippen LogP contribution in [-0.2, 0) is 9.53 Å². The molecule has 0 fully saturated rings. The molecule has 6 nitrogen and oxygen atoms in total. The summed E-state index contributed by atoms with van der Waals surface area (Å²) in [5.41, 5.74) is 0.888. The lowest BCUT2D eigenvalue weighted by atomic mass is 10.2. The fourth-order valence-corrected chi connectivity index (χ4v) is 2.42. The largest absolute Gasteiger partial charge is 0.456 e. The topological polar surface area (TPSA) is 88.4 Å². The molecular formula is C22H16N2O4. The molecule has 3 aromatic carbocycles. The monoisotopic (exact) mass is 372 g/mol. The van der Waals surface area contributed by atoms with Crippen LogP contribution < -0.4 is 10.1 Å². The molecule has 0 atom stereocenters. The Labute approximate surface area is 161 Å². The fraction of sp³-hybridized carbons (Fsp3) is 0.0455. The summed E-state index contributed by atoms with van der Waals surface area (Å²) in [7, 11) is 0. The number of nitriles is 1. The number of nitrogens with zero attached hydrogens (tertiary/aromatic N) is 1. The Morgan fingerprint density at radius 2 is 1.57 bits per heavy atom. The lowest BCUT2D eigenvalue weighted by Crippen LogP contribution is -2.21. The second-order valence-corrected chi connectivity index (χ2v) is 5.69. The molecule has 3 rings (SSSR count). The number of ether oxygens (including phenoxy) is 2.